The summed E-state index contributed by atoms with van der Waals surface area (Å²) in [5, 5.41) is 11.9. The molecular formula is C15H24N2O3. The van der Waals surface area contributed by atoms with Crippen LogP contribution >= 0.6 is 0 Å². The molecule has 0 aromatic carbocycles. The van der Waals surface area contributed by atoms with Gasteiger partial charge >= 0.3 is 12.0 Å². The number of fused-ring (bicyclic) bond motifs is 2. The smallest absolute Gasteiger partial charge is 0.317 e. The first-order valence-electron chi connectivity index (χ1n) is 7.89. The highest BCUT2D eigenvalue weighted by atomic mass is 16.4. The van der Waals surface area contributed by atoms with E-state index >= 15 is 0 Å². The Balaban J connectivity index is 1.43. The average Bonchev–Trinajstić information content (AvgIpc) is 3.12. The van der Waals surface area contributed by atoms with Gasteiger partial charge in [0.2, 0.25) is 0 Å². The van der Waals surface area contributed by atoms with Gasteiger partial charge in [-0.25, -0.2) is 4.79 Å². The van der Waals surface area contributed by atoms with Gasteiger partial charge in [-0.15, -0.1) is 0 Å². The maximum absolute atomic E-state index is 12.3. The van der Waals surface area contributed by atoms with Crippen molar-refractivity contribution in [2.45, 2.75) is 51.0 Å². The van der Waals surface area contributed by atoms with E-state index in [1.165, 1.54) is 19.3 Å². The van der Waals surface area contributed by atoms with Crippen molar-refractivity contribution in [1.82, 2.24) is 10.2 Å². The van der Waals surface area contributed by atoms with E-state index < -0.39 is 5.97 Å². The van der Waals surface area contributed by atoms with Gasteiger partial charge < -0.3 is 15.3 Å². The molecule has 3 rings (SSSR count). The van der Waals surface area contributed by atoms with Gasteiger partial charge in [0, 0.05) is 25.6 Å². The number of carbonyl (C=O) groups is 2. The lowest BCUT2D eigenvalue weighted by Crippen LogP contribution is -2.45. The number of likely N-dealkylation sites (tertiary alicyclic amines) is 1. The highest BCUT2D eigenvalue weighted by molar-refractivity contribution is 5.75. The van der Waals surface area contributed by atoms with Gasteiger partial charge in [-0.1, -0.05) is 6.42 Å². The third-order valence-electron chi connectivity index (χ3n) is 5.39. The van der Waals surface area contributed by atoms with Gasteiger partial charge in [0.25, 0.3) is 0 Å². The average molecular weight is 280 g/mol. The number of carboxylic acid groups (broad SMARTS) is 1. The van der Waals surface area contributed by atoms with Gasteiger partial charge in [-0.2, -0.15) is 0 Å². The van der Waals surface area contributed by atoms with E-state index in [-0.39, 0.29) is 12.5 Å². The molecule has 4 unspecified atom stereocenters. The van der Waals surface area contributed by atoms with Crippen LogP contribution in [0.15, 0.2) is 0 Å². The van der Waals surface area contributed by atoms with Crippen LogP contribution < -0.4 is 5.32 Å². The van der Waals surface area contributed by atoms with Crippen molar-refractivity contribution in [1.29, 1.82) is 0 Å². The van der Waals surface area contributed by atoms with Crippen molar-refractivity contribution < 1.29 is 14.7 Å². The lowest BCUT2D eigenvalue weighted by Gasteiger charge is -2.26. The SMILES string of the molecule is O=C(O)CCC1CCN(C(=O)NC2CC3CCC2C3)C1. The number of amides is 2. The summed E-state index contributed by atoms with van der Waals surface area (Å²) in [5.41, 5.74) is 0. The number of hydrogen-bond donors (Lipinski definition) is 2. The van der Waals surface area contributed by atoms with Crippen LogP contribution in [0, 0.1) is 17.8 Å². The monoisotopic (exact) mass is 280 g/mol. The number of carbonyl (C=O) groups excluding carboxylic acids is 1. The Kier molecular flexibility index (Phi) is 3.85. The van der Waals surface area contributed by atoms with Crippen molar-refractivity contribution >= 4 is 12.0 Å². The zero-order chi connectivity index (χ0) is 14.1. The molecule has 2 N–H and O–H groups in total. The highest BCUT2D eigenvalue weighted by Gasteiger charge is 2.41. The molecule has 5 nitrogen and oxygen atoms in total. The largest absolute Gasteiger partial charge is 0.481 e. The summed E-state index contributed by atoms with van der Waals surface area (Å²) in [6.45, 7) is 1.50. The van der Waals surface area contributed by atoms with Crippen LogP contribution in [0.25, 0.3) is 0 Å². The number of hydrogen-bond acceptors (Lipinski definition) is 2. The minimum absolute atomic E-state index is 0.0698. The molecule has 2 amide bonds. The van der Waals surface area contributed by atoms with Crippen molar-refractivity contribution in [2.75, 3.05) is 13.1 Å². The Labute approximate surface area is 119 Å². The third-order valence-corrected chi connectivity index (χ3v) is 5.39. The predicted octanol–water partition coefficient (Wildman–Crippen LogP) is 2.07. The molecule has 2 aliphatic carbocycles. The van der Waals surface area contributed by atoms with Gasteiger partial charge in [0.1, 0.15) is 0 Å². The van der Waals surface area contributed by atoms with Crippen LogP contribution in [0.3, 0.4) is 0 Å². The molecule has 1 saturated heterocycles. The summed E-state index contributed by atoms with van der Waals surface area (Å²) in [6.07, 6.45) is 6.92. The van der Waals surface area contributed by atoms with Gasteiger partial charge in [0.05, 0.1) is 0 Å². The van der Waals surface area contributed by atoms with Crippen molar-refractivity contribution in [2.24, 2.45) is 17.8 Å². The number of carboxylic acids is 1. The third kappa shape index (κ3) is 2.91. The second-order valence-electron chi connectivity index (χ2n) is 6.76. The number of aliphatic carboxylic acids is 1. The van der Waals surface area contributed by atoms with Gasteiger partial charge in [-0.3, -0.25) is 4.79 Å². The molecular weight excluding hydrogens is 256 g/mol. The van der Waals surface area contributed by atoms with Crippen LogP contribution in [0.4, 0.5) is 4.79 Å². The topological polar surface area (TPSA) is 69.6 Å². The van der Waals surface area contributed by atoms with E-state index in [4.69, 9.17) is 5.11 Å². The number of nitrogens with zero attached hydrogens (tertiary/aromatic N) is 1. The lowest BCUT2D eigenvalue weighted by atomic mass is 9.95. The number of urea groups is 1. The molecule has 0 aromatic heterocycles. The van der Waals surface area contributed by atoms with E-state index in [0.717, 1.165) is 31.8 Å². The Morgan fingerprint density at radius 3 is 2.70 bits per heavy atom. The van der Waals surface area contributed by atoms with E-state index in [1.54, 1.807) is 0 Å². The molecule has 20 heavy (non-hydrogen) atoms. The summed E-state index contributed by atoms with van der Waals surface area (Å²) in [4.78, 5) is 24.7. The lowest BCUT2D eigenvalue weighted by molar-refractivity contribution is -0.137. The maximum atomic E-state index is 12.3. The van der Waals surface area contributed by atoms with Crippen LogP contribution in [0.5, 0.6) is 0 Å². The van der Waals surface area contributed by atoms with Crippen LogP contribution in [0.1, 0.15) is 44.9 Å². The number of rotatable bonds is 4. The first-order chi connectivity index (χ1) is 9.61. The molecule has 4 atom stereocenters. The fraction of sp³-hybridized carbons (Fsp3) is 0.867. The predicted molar refractivity (Wildman–Crippen MR) is 74.3 cm³/mol. The van der Waals surface area contributed by atoms with E-state index in [9.17, 15) is 9.59 Å². The molecule has 1 aliphatic heterocycles. The first kappa shape index (κ1) is 13.7. The highest BCUT2D eigenvalue weighted by Crippen LogP contribution is 2.44. The van der Waals surface area contributed by atoms with Crippen LogP contribution in [-0.4, -0.2) is 41.1 Å². The Morgan fingerprint density at radius 1 is 1.20 bits per heavy atom. The molecule has 5 heteroatoms. The zero-order valence-corrected chi connectivity index (χ0v) is 11.9. The van der Waals surface area contributed by atoms with Crippen LogP contribution in [-0.2, 0) is 4.79 Å². The minimum atomic E-state index is -0.741. The fourth-order valence-corrected chi connectivity index (χ4v) is 4.25. The van der Waals surface area contributed by atoms with Gasteiger partial charge in [0.15, 0.2) is 0 Å². The van der Waals surface area contributed by atoms with E-state index in [0.29, 0.717) is 24.3 Å². The Morgan fingerprint density at radius 2 is 2.05 bits per heavy atom. The quantitative estimate of drug-likeness (QED) is 0.828. The Bertz CT molecular complexity index is 399. The molecule has 3 fully saturated rings. The summed E-state index contributed by atoms with van der Waals surface area (Å²) < 4.78 is 0. The Hall–Kier alpha value is -1.26. The second kappa shape index (κ2) is 5.62. The van der Waals surface area contributed by atoms with Gasteiger partial charge in [-0.05, 0) is 49.9 Å². The van der Waals surface area contributed by atoms with Crippen molar-refractivity contribution in [3.8, 4) is 0 Å². The van der Waals surface area contributed by atoms with E-state index in [1.807, 2.05) is 4.90 Å². The molecule has 3 aliphatic rings. The zero-order valence-electron chi connectivity index (χ0n) is 11.9. The molecule has 112 valence electrons. The second-order valence-corrected chi connectivity index (χ2v) is 6.76. The maximum Gasteiger partial charge on any atom is 0.317 e. The standard InChI is InChI=1S/C15H24N2O3/c18-14(19)4-2-10-5-6-17(9-10)15(20)16-13-8-11-1-3-12(13)7-11/h10-13H,1-9H2,(H,16,20)(H,18,19). The summed E-state index contributed by atoms with van der Waals surface area (Å²) in [5.74, 6) is 1.16. The van der Waals surface area contributed by atoms with E-state index in [2.05, 4.69) is 5.32 Å². The fourth-order valence-electron chi connectivity index (χ4n) is 4.25. The number of nitrogens with one attached hydrogen (secondary N) is 1. The molecule has 0 spiro atoms. The first-order valence-corrected chi connectivity index (χ1v) is 7.89. The molecule has 1 heterocycles. The summed E-state index contributed by atoms with van der Waals surface area (Å²) >= 11 is 0. The summed E-state index contributed by atoms with van der Waals surface area (Å²) in [7, 11) is 0. The molecule has 2 bridgehead atoms. The van der Waals surface area contributed by atoms with Crippen molar-refractivity contribution in [3.05, 3.63) is 0 Å². The molecule has 0 aromatic rings. The normalized spacial score (nSPS) is 35.5. The summed E-state index contributed by atoms with van der Waals surface area (Å²) in [6, 6.07) is 0.458. The van der Waals surface area contributed by atoms with Crippen molar-refractivity contribution in [3.63, 3.8) is 0 Å². The van der Waals surface area contributed by atoms with Crippen LogP contribution in [0.2, 0.25) is 0 Å². The minimum Gasteiger partial charge on any atom is -0.481 e. The molecule has 0 radical (unpaired) electrons. The molecule has 2 saturated carbocycles.